The van der Waals surface area contributed by atoms with E-state index in [0.717, 1.165) is 22.0 Å². The third-order valence-corrected chi connectivity index (χ3v) is 4.28. The maximum Gasteiger partial charge on any atom is 0.265 e. The Labute approximate surface area is 146 Å². The second-order valence-corrected chi connectivity index (χ2v) is 6.09. The van der Waals surface area contributed by atoms with Gasteiger partial charge >= 0.3 is 0 Å². The van der Waals surface area contributed by atoms with Crippen molar-refractivity contribution >= 4 is 34.0 Å². The van der Waals surface area contributed by atoms with Crippen molar-refractivity contribution in [1.29, 1.82) is 0 Å². The number of nitrogens with one attached hydrogen (secondary N) is 1. The Morgan fingerprint density at radius 2 is 1.83 bits per heavy atom. The predicted octanol–water partition coefficient (Wildman–Crippen LogP) is 5.21. The van der Waals surface area contributed by atoms with E-state index in [1.54, 1.807) is 19.1 Å². The van der Waals surface area contributed by atoms with Gasteiger partial charge in [-0.2, -0.15) is 0 Å². The van der Waals surface area contributed by atoms with Gasteiger partial charge in [-0.25, -0.2) is 0 Å². The lowest BCUT2D eigenvalue weighted by Gasteiger charge is -2.16. The molecule has 0 saturated heterocycles. The van der Waals surface area contributed by atoms with Crippen LogP contribution in [0.4, 0.5) is 5.69 Å². The standard InChI is InChI=1S/C20H18ClNO2/c1-13-12-16(10-11-18(13)21)24-14(2)20(23)22-19-9-5-7-15-6-3-4-8-17(15)19/h3-12,14H,1-2H3,(H,22,23). The molecule has 0 saturated carbocycles. The summed E-state index contributed by atoms with van der Waals surface area (Å²) in [5.74, 6) is 0.427. The van der Waals surface area contributed by atoms with E-state index in [1.807, 2.05) is 55.5 Å². The fourth-order valence-corrected chi connectivity index (χ4v) is 2.63. The first-order valence-corrected chi connectivity index (χ1v) is 8.14. The van der Waals surface area contributed by atoms with Crippen LogP contribution in [-0.2, 0) is 4.79 Å². The van der Waals surface area contributed by atoms with Crippen molar-refractivity contribution in [1.82, 2.24) is 0 Å². The average Bonchev–Trinajstić information content (AvgIpc) is 2.58. The van der Waals surface area contributed by atoms with Gasteiger partial charge in [0, 0.05) is 16.1 Å². The third kappa shape index (κ3) is 3.52. The van der Waals surface area contributed by atoms with Gasteiger partial charge in [-0.05, 0) is 49.1 Å². The van der Waals surface area contributed by atoms with Gasteiger partial charge in [0.1, 0.15) is 5.75 Å². The molecule has 1 N–H and O–H groups in total. The number of aryl methyl sites for hydroxylation is 1. The van der Waals surface area contributed by atoms with Gasteiger partial charge in [0.25, 0.3) is 5.91 Å². The molecule has 0 heterocycles. The van der Waals surface area contributed by atoms with Crippen LogP contribution < -0.4 is 10.1 Å². The summed E-state index contributed by atoms with van der Waals surface area (Å²) in [4.78, 5) is 12.5. The average molecular weight is 340 g/mol. The number of carbonyl (C=O) groups is 1. The first-order chi connectivity index (χ1) is 11.5. The first-order valence-electron chi connectivity index (χ1n) is 7.76. The molecule has 4 heteroatoms. The number of carbonyl (C=O) groups excluding carboxylic acids is 1. The van der Waals surface area contributed by atoms with Crippen LogP contribution in [0.3, 0.4) is 0 Å². The Kier molecular flexibility index (Phi) is 4.72. The fraction of sp³-hybridized carbons (Fsp3) is 0.150. The van der Waals surface area contributed by atoms with Crippen molar-refractivity contribution in [2.24, 2.45) is 0 Å². The van der Waals surface area contributed by atoms with Crippen LogP contribution in [0.5, 0.6) is 5.75 Å². The van der Waals surface area contributed by atoms with Gasteiger partial charge in [0.2, 0.25) is 0 Å². The van der Waals surface area contributed by atoms with E-state index >= 15 is 0 Å². The van der Waals surface area contributed by atoms with Crippen molar-refractivity contribution in [3.8, 4) is 5.75 Å². The van der Waals surface area contributed by atoms with Crippen LogP contribution in [0.2, 0.25) is 5.02 Å². The lowest BCUT2D eigenvalue weighted by Crippen LogP contribution is -2.30. The molecule has 0 bridgehead atoms. The summed E-state index contributed by atoms with van der Waals surface area (Å²) in [5.41, 5.74) is 1.69. The smallest absolute Gasteiger partial charge is 0.265 e. The molecule has 0 fully saturated rings. The highest BCUT2D eigenvalue weighted by atomic mass is 35.5. The molecule has 3 aromatic rings. The molecule has 0 radical (unpaired) electrons. The number of ether oxygens (including phenoxy) is 1. The molecular weight excluding hydrogens is 322 g/mol. The number of anilines is 1. The molecule has 3 aromatic carbocycles. The number of rotatable bonds is 4. The Bertz CT molecular complexity index is 886. The summed E-state index contributed by atoms with van der Waals surface area (Å²) < 4.78 is 5.73. The zero-order valence-corrected chi connectivity index (χ0v) is 14.3. The molecule has 1 atom stereocenters. The Morgan fingerprint density at radius 3 is 2.62 bits per heavy atom. The lowest BCUT2D eigenvalue weighted by molar-refractivity contribution is -0.122. The molecule has 0 aliphatic carbocycles. The van der Waals surface area contributed by atoms with Crippen LogP contribution in [0.25, 0.3) is 10.8 Å². The third-order valence-electron chi connectivity index (χ3n) is 3.86. The number of fused-ring (bicyclic) bond motifs is 1. The van der Waals surface area contributed by atoms with E-state index in [0.29, 0.717) is 10.8 Å². The van der Waals surface area contributed by atoms with Crippen molar-refractivity contribution in [2.75, 3.05) is 5.32 Å². The van der Waals surface area contributed by atoms with Gasteiger partial charge < -0.3 is 10.1 Å². The van der Waals surface area contributed by atoms with E-state index in [-0.39, 0.29) is 5.91 Å². The topological polar surface area (TPSA) is 38.3 Å². The Hall–Kier alpha value is -2.52. The van der Waals surface area contributed by atoms with Gasteiger partial charge in [-0.15, -0.1) is 0 Å². The highest BCUT2D eigenvalue weighted by molar-refractivity contribution is 6.31. The number of halogens is 1. The summed E-state index contributed by atoms with van der Waals surface area (Å²) in [6, 6.07) is 19.1. The van der Waals surface area contributed by atoms with Gasteiger partial charge in [0.15, 0.2) is 6.10 Å². The Balaban J connectivity index is 1.75. The van der Waals surface area contributed by atoms with E-state index in [2.05, 4.69) is 5.32 Å². The normalized spacial score (nSPS) is 12.0. The molecule has 0 spiro atoms. The fourth-order valence-electron chi connectivity index (χ4n) is 2.52. The van der Waals surface area contributed by atoms with Crippen LogP contribution in [-0.4, -0.2) is 12.0 Å². The zero-order valence-electron chi connectivity index (χ0n) is 13.5. The molecule has 0 aliphatic rings. The maximum atomic E-state index is 12.5. The predicted molar refractivity (Wildman–Crippen MR) is 98.9 cm³/mol. The summed E-state index contributed by atoms with van der Waals surface area (Å²) in [7, 11) is 0. The number of benzene rings is 3. The van der Waals surface area contributed by atoms with Crippen molar-refractivity contribution in [2.45, 2.75) is 20.0 Å². The van der Waals surface area contributed by atoms with Crippen molar-refractivity contribution in [3.63, 3.8) is 0 Å². The monoisotopic (exact) mass is 339 g/mol. The van der Waals surface area contributed by atoms with Crippen LogP contribution in [0.15, 0.2) is 60.7 Å². The van der Waals surface area contributed by atoms with Crippen molar-refractivity contribution < 1.29 is 9.53 Å². The van der Waals surface area contributed by atoms with Crippen molar-refractivity contribution in [3.05, 3.63) is 71.2 Å². The molecule has 3 nitrogen and oxygen atoms in total. The minimum atomic E-state index is -0.621. The largest absolute Gasteiger partial charge is 0.481 e. The van der Waals surface area contributed by atoms with Crippen LogP contribution in [0, 0.1) is 6.92 Å². The number of hydrogen-bond acceptors (Lipinski definition) is 2. The molecule has 0 aliphatic heterocycles. The molecule has 1 amide bonds. The number of hydrogen-bond donors (Lipinski definition) is 1. The van der Waals surface area contributed by atoms with Gasteiger partial charge in [-0.3, -0.25) is 4.79 Å². The minimum Gasteiger partial charge on any atom is -0.481 e. The minimum absolute atomic E-state index is 0.195. The SMILES string of the molecule is Cc1cc(OC(C)C(=O)Nc2cccc3ccccc23)ccc1Cl. The highest BCUT2D eigenvalue weighted by Gasteiger charge is 2.16. The van der Waals surface area contributed by atoms with E-state index in [9.17, 15) is 4.79 Å². The van der Waals surface area contributed by atoms with E-state index < -0.39 is 6.10 Å². The summed E-state index contributed by atoms with van der Waals surface area (Å²) in [6.07, 6.45) is -0.621. The van der Waals surface area contributed by atoms with Gasteiger partial charge in [-0.1, -0.05) is 48.0 Å². The van der Waals surface area contributed by atoms with E-state index in [1.165, 1.54) is 0 Å². The molecule has 3 rings (SSSR count). The summed E-state index contributed by atoms with van der Waals surface area (Å²) >= 11 is 6.01. The maximum absolute atomic E-state index is 12.5. The lowest BCUT2D eigenvalue weighted by atomic mass is 10.1. The summed E-state index contributed by atoms with van der Waals surface area (Å²) in [5, 5.41) is 5.70. The van der Waals surface area contributed by atoms with Gasteiger partial charge in [0.05, 0.1) is 0 Å². The Morgan fingerprint density at radius 1 is 1.08 bits per heavy atom. The number of amides is 1. The summed E-state index contributed by atoms with van der Waals surface area (Å²) in [6.45, 7) is 3.63. The molecule has 0 aromatic heterocycles. The molecular formula is C20H18ClNO2. The van der Waals surface area contributed by atoms with Crippen LogP contribution in [0.1, 0.15) is 12.5 Å². The molecule has 122 valence electrons. The van der Waals surface area contributed by atoms with E-state index in [4.69, 9.17) is 16.3 Å². The molecule has 24 heavy (non-hydrogen) atoms. The quantitative estimate of drug-likeness (QED) is 0.708. The zero-order chi connectivity index (χ0) is 17.1. The van der Waals surface area contributed by atoms with Crippen LogP contribution >= 0.6 is 11.6 Å². The second-order valence-electron chi connectivity index (χ2n) is 5.69. The second kappa shape index (κ2) is 6.93. The molecule has 1 unspecified atom stereocenters. The first kappa shape index (κ1) is 16.3. The highest BCUT2D eigenvalue weighted by Crippen LogP contribution is 2.24.